The van der Waals surface area contributed by atoms with Crippen molar-refractivity contribution in [1.29, 1.82) is 0 Å². The Labute approximate surface area is 150 Å². The predicted molar refractivity (Wildman–Crippen MR) is 101 cm³/mol. The molecule has 0 fully saturated rings. The molecule has 4 heteroatoms. The number of hydrogen-bond acceptors (Lipinski definition) is 4. The molecule has 0 heterocycles. The second-order valence-electron chi connectivity index (χ2n) is 7.37. The van der Waals surface area contributed by atoms with E-state index in [1.54, 1.807) is 0 Å². The fourth-order valence-electron chi connectivity index (χ4n) is 2.56. The number of allylic oxidation sites excluding steroid dienone is 4. The van der Waals surface area contributed by atoms with Crippen molar-refractivity contribution in [3.63, 3.8) is 0 Å². The van der Waals surface area contributed by atoms with Crippen LogP contribution in [0.15, 0.2) is 23.3 Å². The molecule has 0 aliphatic carbocycles. The third kappa shape index (κ3) is 5.38. The number of carbonyl (C=O) groups is 1. The number of Topliss-reactive ketones (excluding diaryl/α,β-unsaturated/α-hetero) is 1. The molecule has 0 atom stereocenters. The molecule has 0 radical (unpaired) electrons. The molecule has 1 rings (SSSR count). The first-order valence-electron chi connectivity index (χ1n) is 8.64. The lowest BCUT2D eigenvalue weighted by Gasteiger charge is -2.17. The Morgan fingerprint density at radius 3 is 1.56 bits per heavy atom. The number of phenolic OH excluding ortho intramolecular Hbond substituents is 3. The van der Waals surface area contributed by atoms with Gasteiger partial charge in [-0.3, -0.25) is 4.79 Å². The van der Waals surface area contributed by atoms with Crippen LogP contribution in [0.1, 0.15) is 69.4 Å². The SMILES string of the molecule is CC(C)=CCc1c(O)c(CC=C(C)C)c(O)c(C(=O)CC(C)C)c1O. The van der Waals surface area contributed by atoms with Gasteiger partial charge in [0.05, 0.1) is 0 Å². The standard InChI is InChI=1S/C21H30O4/c1-12(2)7-9-15-19(23)16(10-8-13(3)4)21(25)18(20(15)24)17(22)11-14(5)6/h7-8,14,23-25H,9-11H2,1-6H3. The highest BCUT2D eigenvalue weighted by atomic mass is 16.3. The van der Waals surface area contributed by atoms with Gasteiger partial charge in [-0.15, -0.1) is 0 Å². The normalized spacial score (nSPS) is 10.7. The fourth-order valence-corrected chi connectivity index (χ4v) is 2.56. The van der Waals surface area contributed by atoms with Crippen LogP contribution in [0.25, 0.3) is 0 Å². The third-order valence-corrected chi connectivity index (χ3v) is 3.92. The van der Waals surface area contributed by atoms with Gasteiger partial charge in [-0.2, -0.15) is 0 Å². The predicted octanol–water partition coefficient (Wildman–Crippen LogP) is 5.05. The zero-order valence-corrected chi connectivity index (χ0v) is 16.1. The zero-order chi connectivity index (χ0) is 19.3. The van der Waals surface area contributed by atoms with E-state index in [0.717, 1.165) is 11.1 Å². The molecule has 0 spiro atoms. The minimum Gasteiger partial charge on any atom is -0.507 e. The van der Waals surface area contributed by atoms with Gasteiger partial charge in [-0.05, 0) is 46.5 Å². The van der Waals surface area contributed by atoms with E-state index >= 15 is 0 Å². The summed E-state index contributed by atoms with van der Waals surface area (Å²) in [4.78, 5) is 12.6. The highest BCUT2D eigenvalue weighted by Crippen LogP contribution is 2.43. The van der Waals surface area contributed by atoms with Crippen molar-refractivity contribution in [3.05, 3.63) is 40.0 Å². The summed E-state index contributed by atoms with van der Waals surface area (Å²) in [5.74, 6) is -1.01. The van der Waals surface area contributed by atoms with Gasteiger partial charge in [0.1, 0.15) is 22.8 Å². The summed E-state index contributed by atoms with van der Waals surface area (Å²) in [6.07, 6.45) is 4.55. The molecule has 0 unspecified atom stereocenters. The van der Waals surface area contributed by atoms with Crippen LogP contribution in [0.5, 0.6) is 17.2 Å². The molecule has 25 heavy (non-hydrogen) atoms. The lowest BCUT2D eigenvalue weighted by atomic mass is 9.91. The summed E-state index contributed by atoms with van der Waals surface area (Å²) in [5, 5.41) is 31.7. The highest BCUT2D eigenvalue weighted by Gasteiger charge is 2.26. The Morgan fingerprint density at radius 1 is 0.840 bits per heavy atom. The van der Waals surface area contributed by atoms with Crippen LogP contribution in [-0.2, 0) is 12.8 Å². The molecular weight excluding hydrogens is 316 g/mol. The van der Waals surface area contributed by atoms with Crippen LogP contribution < -0.4 is 0 Å². The fraction of sp³-hybridized carbons (Fsp3) is 0.476. The minimum absolute atomic E-state index is 0.0826. The highest BCUT2D eigenvalue weighted by molar-refractivity contribution is 6.02. The molecule has 4 nitrogen and oxygen atoms in total. The van der Waals surface area contributed by atoms with E-state index in [1.807, 2.05) is 53.7 Å². The number of rotatable bonds is 7. The van der Waals surface area contributed by atoms with Gasteiger partial charge in [-0.1, -0.05) is 37.1 Å². The van der Waals surface area contributed by atoms with Gasteiger partial charge >= 0.3 is 0 Å². The molecule has 3 N–H and O–H groups in total. The average molecular weight is 346 g/mol. The van der Waals surface area contributed by atoms with Crippen molar-refractivity contribution in [2.75, 3.05) is 0 Å². The van der Waals surface area contributed by atoms with Gasteiger partial charge in [0, 0.05) is 17.5 Å². The van der Waals surface area contributed by atoms with Crippen LogP contribution in [0.3, 0.4) is 0 Å². The summed E-state index contributed by atoms with van der Waals surface area (Å²) in [6.45, 7) is 11.5. The van der Waals surface area contributed by atoms with Crippen molar-refractivity contribution in [2.24, 2.45) is 5.92 Å². The molecule has 0 aliphatic heterocycles. The lowest BCUT2D eigenvalue weighted by molar-refractivity contribution is 0.0962. The summed E-state index contributed by atoms with van der Waals surface area (Å²) < 4.78 is 0. The van der Waals surface area contributed by atoms with Crippen molar-refractivity contribution >= 4 is 5.78 Å². The van der Waals surface area contributed by atoms with Crippen LogP contribution in [0.4, 0.5) is 0 Å². The van der Waals surface area contributed by atoms with E-state index in [-0.39, 0.29) is 52.1 Å². The Hall–Kier alpha value is -2.23. The number of phenols is 3. The van der Waals surface area contributed by atoms with Crippen molar-refractivity contribution in [3.8, 4) is 17.2 Å². The van der Waals surface area contributed by atoms with Crippen LogP contribution in [0, 0.1) is 5.92 Å². The van der Waals surface area contributed by atoms with Crippen LogP contribution >= 0.6 is 0 Å². The summed E-state index contributed by atoms with van der Waals surface area (Å²) in [7, 11) is 0. The Balaban J connectivity index is 3.61. The van der Waals surface area contributed by atoms with E-state index in [0.29, 0.717) is 12.8 Å². The molecule has 138 valence electrons. The van der Waals surface area contributed by atoms with E-state index < -0.39 is 0 Å². The maximum atomic E-state index is 12.6. The first-order chi connectivity index (χ1) is 11.6. The first kappa shape index (κ1) is 20.8. The van der Waals surface area contributed by atoms with Crippen LogP contribution in [-0.4, -0.2) is 21.1 Å². The van der Waals surface area contributed by atoms with Gasteiger partial charge in [0.15, 0.2) is 5.78 Å². The average Bonchev–Trinajstić information content (AvgIpc) is 2.45. The molecule has 1 aromatic carbocycles. The molecule has 0 aliphatic rings. The van der Waals surface area contributed by atoms with E-state index in [2.05, 4.69) is 0 Å². The summed E-state index contributed by atoms with van der Waals surface area (Å²) in [5.41, 5.74) is 2.55. The second kappa shape index (κ2) is 8.75. The van der Waals surface area contributed by atoms with Gasteiger partial charge in [0.2, 0.25) is 0 Å². The molecule has 0 bridgehead atoms. The smallest absolute Gasteiger partial charge is 0.170 e. The van der Waals surface area contributed by atoms with Gasteiger partial charge in [0.25, 0.3) is 0 Å². The number of hydrogen-bond donors (Lipinski definition) is 3. The molecule has 1 aromatic rings. The van der Waals surface area contributed by atoms with Crippen molar-refractivity contribution in [1.82, 2.24) is 0 Å². The largest absolute Gasteiger partial charge is 0.507 e. The molecular formula is C21H30O4. The molecule has 0 saturated carbocycles. The van der Waals surface area contributed by atoms with E-state index in [1.165, 1.54) is 0 Å². The van der Waals surface area contributed by atoms with Crippen molar-refractivity contribution < 1.29 is 20.1 Å². The number of aromatic hydroxyl groups is 3. The summed E-state index contributed by atoms with van der Waals surface area (Å²) in [6, 6.07) is 0. The maximum Gasteiger partial charge on any atom is 0.170 e. The Morgan fingerprint density at radius 2 is 1.24 bits per heavy atom. The lowest BCUT2D eigenvalue weighted by Crippen LogP contribution is -2.07. The Bertz CT molecular complexity index is 654. The van der Waals surface area contributed by atoms with Crippen molar-refractivity contribution in [2.45, 2.75) is 60.8 Å². The number of benzene rings is 1. The van der Waals surface area contributed by atoms with E-state index in [9.17, 15) is 20.1 Å². The topological polar surface area (TPSA) is 77.8 Å². The van der Waals surface area contributed by atoms with Gasteiger partial charge < -0.3 is 15.3 Å². The molecule has 0 amide bonds. The molecule has 0 saturated heterocycles. The number of ketones is 1. The molecule has 0 aromatic heterocycles. The first-order valence-corrected chi connectivity index (χ1v) is 8.64. The maximum absolute atomic E-state index is 12.6. The second-order valence-corrected chi connectivity index (χ2v) is 7.37. The quantitative estimate of drug-likeness (QED) is 0.477. The third-order valence-electron chi connectivity index (χ3n) is 3.92. The monoisotopic (exact) mass is 346 g/mol. The van der Waals surface area contributed by atoms with E-state index in [4.69, 9.17) is 0 Å². The minimum atomic E-state index is -0.320. The summed E-state index contributed by atoms with van der Waals surface area (Å²) >= 11 is 0. The number of carbonyl (C=O) groups excluding carboxylic acids is 1. The Kier molecular flexibility index (Phi) is 7.28. The van der Waals surface area contributed by atoms with Crippen LogP contribution in [0.2, 0.25) is 0 Å². The van der Waals surface area contributed by atoms with Gasteiger partial charge in [-0.25, -0.2) is 0 Å². The zero-order valence-electron chi connectivity index (χ0n) is 16.1.